The summed E-state index contributed by atoms with van der Waals surface area (Å²) in [6.07, 6.45) is -0.654. The predicted molar refractivity (Wildman–Crippen MR) is 72.4 cm³/mol. The maximum absolute atomic E-state index is 11.6. The van der Waals surface area contributed by atoms with Gasteiger partial charge in [-0.1, -0.05) is 0 Å². The molecule has 0 aliphatic carbocycles. The lowest BCUT2D eigenvalue weighted by Gasteiger charge is -2.19. The fourth-order valence-electron chi connectivity index (χ4n) is 1.41. The molecular weight excluding hydrogens is 268 g/mol. The van der Waals surface area contributed by atoms with Crippen molar-refractivity contribution in [3.63, 3.8) is 0 Å². The number of anilines is 1. The molecule has 106 valence electrons. The molecule has 0 aromatic heterocycles. The largest absolute Gasteiger partial charge is 0.444 e. The molecule has 7 heteroatoms. The Bertz CT molecular complexity index is 588. The van der Waals surface area contributed by atoms with E-state index in [4.69, 9.17) is 9.88 Å². The second-order valence-electron chi connectivity index (χ2n) is 5.21. The van der Waals surface area contributed by atoms with Crippen LogP contribution >= 0.6 is 0 Å². The molecule has 19 heavy (non-hydrogen) atoms. The van der Waals surface area contributed by atoms with Crippen LogP contribution in [0, 0.1) is 6.92 Å². The highest BCUT2D eigenvalue weighted by molar-refractivity contribution is 7.89. The van der Waals surface area contributed by atoms with Gasteiger partial charge in [0.05, 0.1) is 4.90 Å². The van der Waals surface area contributed by atoms with E-state index < -0.39 is 21.7 Å². The highest BCUT2D eigenvalue weighted by Gasteiger charge is 2.17. The first-order chi connectivity index (χ1) is 8.47. The lowest BCUT2D eigenvalue weighted by atomic mass is 10.2. The minimum atomic E-state index is -3.81. The van der Waals surface area contributed by atoms with Crippen molar-refractivity contribution in [1.82, 2.24) is 0 Å². The van der Waals surface area contributed by atoms with Gasteiger partial charge in [-0.15, -0.1) is 0 Å². The van der Waals surface area contributed by atoms with Crippen LogP contribution in [-0.2, 0) is 14.8 Å². The summed E-state index contributed by atoms with van der Waals surface area (Å²) in [6, 6.07) is 4.33. The lowest BCUT2D eigenvalue weighted by Crippen LogP contribution is -2.27. The van der Waals surface area contributed by atoms with Crippen molar-refractivity contribution in [3.05, 3.63) is 23.8 Å². The van der Waals surface area contributed by atoms with Gasteiger partial charge in [-0.2, -0.15) is 0 Å². The lowest BCUT2D eigenvalue weighted by molar-refractivity contribution is 0.0636. The zero-order valence-corrected chi connectivity index (χ0v) is 12.2. The van der Waals surface area contributed by atoms with Crippen molar-refractivity contribution in [2.45, 2.75) is 38.2 Å². The molecule has 3 N–H and O–H groups in total. The molecule has 1 amide bonds. The average molecular weight is 286 g/mol. The molecule has 1 aromatic carbocycles. The number of carbonyl (C=O) groups is 1. The third kappa shape index (κ3) is 5.27. The molecule has 0 aliphatic rings. The summed E-state index contributed by atoms with van der Waals surface area (Å²) in [6.45, 7) is 6.91. The van der Waals surface area contributed by atoms with Crippen LogP contribution in [0.4, 0.5) is 10.5 Å². The number of hydrogen-bond donors (Lipinski definition) is 2. The monoisotopic (exact) mass is 286 g/mol. The SMILES string of the molecule is Cc1cc(NC(=O)OC(C)(C)C)cc(S(N)(=O)=O)c1. The van der Waals surface area contributed by atoms with Crippen molar-refractivity contribution < 1.29 is 17.9 Å². The molecule has 0 heterocycles. The molecular formula is C12H18N2O4S. The number of aryl methyl sites for hydroxylation is 1. The van der Waals surface area contributed by atoms with Crippen LogP contribution in [0.15, 0.2) is 23.1 Å². The fraction of sp³-hybridized carbons (Fsp3) is 0.417. The Hall–Kier alpha value is -1.60. The molecule has 1 rings (SSSR count). The van der Waals surface area contributed by atoms with E-state index >= 15 is 0 Å². The molecule has 6 nitrogen and oxygen atoms in total. The number of rotatable bonds is 2. The maximum Gasteiger partial charge on any atom is 0.412 e. The van der Waals surface area contributed by atoms with Crippen LogP contribution in [0.25, 0.3) is 0 Å². The Morgan fingerprint density at radius 3 is 2.32 bits per heavy atom. The topological polar surface area (TPSA) is 98.5 Å². The van der Waals surface area contributed by atoms with E-state index in [0.29, 0.717) is 11.3 Å². The molecule has 1 aromatic rings. The number of primary sulfonamides is 1. The Kier molecular flexibility index (Phi) is 4.21. The highest BCUT2D eigenvalue weighted by Crippen LogP contribution is 2.18. The van der Waals surface area contributed by atoms with Gasteiger partial charge in [-0.05, 0) is 51.5 Å². The van der Waals surface area contributed by atoms with E-state index in [0.717, 1.165) is 0 Å². The van der Waals surface area contributed by atoms with E-state index in [9.17, 15) is 13.2 Å². The maximum atomic E-state index is 11.6. The first kappa shape index (κ1) is 15.5. The number of carbonyl (C=O) groups excluding carboxylic acids is 1. The van der Waals surface area contributed by atoms with Gasteiger partial charge in [0, 0.05) is 5.69 Å². The first-order valence-electron chi connectivity index (χ1n) is 5.62. The number of nitrogens with two attached hydrogens (primary N) is 1. The molecule has 0 fully saturated rings. The molecule has 0 aliphatic heterocycles. The van der Waals surface area contributed by atoms with Gasteiger partial charge < -0.3 is 4.74 Å². The van der Waals surface area contributed by atoms with Gasteiger partial charge in [0.15, 0.2) is 0 Å². The number of nitrogens with one attached hydrogen (secondary N) is 1. The molecule has 0 atom stereocenters. The van der Waals surface area contributed by atoms with Crippen LogP contribution in [0.5, 0.6) is 0 Å². The number of benzene rings is 1. The molecule has 0 bridgehead atoms. The second kappa shape index (κ2) is 5.18. The second-order valence-corrected chi connectivity index (χ2v) is 6.77. The summed E-state index contributed by atoms with van der Waals surface area (Å²) < 4.78 is 27.6. The fourth-order valence-corrected chi connectivity index (χ4v) is 2.05. The van der Waals surface area contributed by atoms with Gasteiger partial charge in [0.1, 0.15) is 5.60 Å². The van der Waals surface area contributed by atoms with Gasteiger partial charge in [0.2, 0.25) is 10.0 Å². The van der Waals surface area contributed by atoms with E-state index in [1.54, 1.807) is 33.8 Å². The van der Waals surface area contributed by atoms with Crippen LogP contribution in [-0.4, -0.2) is 20.1 Å². The number of amides is 1. The van der Waals surface area contributed by atoms with E-state index in [1.165, 1.54) is 12.1 Å². The van der Waals surface area contributed by atoms with Crippen molar-refractivity contribution in [2.75, 3.05) is 5.32 Å². The average Bonchev–Trinajstić information content (AvgIpc) is 2.11. The molecule has 0 unspecified atom stereocenters. The van der Waals surface area contributed by atoms with Crippen LogP contribution in [0.3, 0.4) is 0 Å². The van der Waals surface area contributed by atoms with E-state index in [-0.39, 0.29) is 4.90 Å². The Balaban J connectivity index is 2.97. The van der Waals surface area contributed by atoms with Gasteiger partial charge in [0.25, 0.3) is 0 Å². The van der Waals surface area contributed by atoms with Gasteiger partial charge in [-0.25, -0.2) is 18.4 Å². The summed E-state index contributed by atoms with van der Waals surface area (Å²) in [4.78, 5) is 11.5. The zero-order chi connectivity index (χ0) is 14.8. The number of hydrogen-bond acceptors (Lipinski definition) is 4. The summed E-state index contributed by atoms with van der Waals surface area (Å²) >= 11 is 0. The zero-order valence-electron chi connectivity index (χ0n) is 11.4. The van der Waals surface area contributed by atoms with Gasteiger partial charge in [-0.3, -0.25) is 5.32 Å². The van der Waals surface area contributed by atoms with Crippen molar-refractivity contribution >= 4 is 21.8 Å². The van der Waals surface area contributed by atoms with Crippen molar-refractivity contribution in [1.29, 1.82) is 0 Å². The Morgan fingerprint density at radius 1 is 1.26 bits per heavy atom. The minimum absolute atomic E-state index is 0.0569. The minimum Gasteiger partial charge on any atom is -0.444 e. The summed E-state index contributed by atoms with van der Waals surface area (Å²) in [5, 5.41) is 7.53. The van der Waals surface area contributed by atoms with Crippen molar-refractivity contribution in [2.24, 2.45) is 5.14 Å². The van der Waals surface area contributed by atoms with Crippen molar-refractivity contribution in [3.8, 4) is 0 Å². The van der Waals surface area contributed by atoms with E-state index in [1.807, 2.05) is 0 Å². The smallest absolute Gasteiger partial charge is 0.412 e. The third-order valence-corrected chi connectivity index (χ3v) is 2.92. The molecule has 0 saturated carbocycles. The normalized spacial score (nSPS) is 12.1. The summed E-state index contributed by atoms with van der Waals surface area (Å²) in [7, 11) is -3.81. The Labute approximate surface area is 113 Å². The molecule has 0 saturated heterocycles. The quantitative estimate of drug-likeness (QED) is 0.868. The molecule has 0 spiro atoms. The van der Waals surface area contributed by atoms with Crippen LogP contribution in [0.2, 0.25) is 0 Å². The summed E-state index contributed by atoms with van der Waals surface area (Å²) in [5.74, 6) is 0. The first-order valence-corrected chi connectivity index (χ1v) is 7.16. The third-order valence-electron chi connectivity index (χ3n) is 2.02. The van der Waals surface area contributed by atoms with Crippen LogP contribution < -0.4 is 10.5 Å². The van der Waals surface area contributed by atoms with Gasteiger partial charge >= 0.3 is 6.09 Å². The predicted octanol–water partition coefficient (Wildman–Crippen LogP) is 1.99. The molecule has 0 radical (unpaired) electrons. The Morgan fingerprint density at radius 2 is 1.84 bits per heavy atom. The summed E-state index contributed by atoms with van der Waals surface area (Å²) in [5.41, 5.74) is 0.354. The highest BCUT2D eigenvalue weighted by atomic mass is 32.2. The van der Waals surface area contributed by atoms with E-state index in [2.05, 4.69) is 5.32 Å². The standard InChI is InChI=1S/C12H18N2O4S/c1-8-5-9(7-10(6-8)19(13,16)17)14-11(15)18-12(2,3)4/h5-7H,1-4H3,(H,14,15)(H2,13,16,17). The number of sulfonamides is 1. The number of ether oxygens (including phenoxy) is 1. The van der Waals surface area contributed by atoms with Crippen LogP contribution in [0.1, 0.15) is 26.3 Å².